The Morgan fingerprint density at radius 2 is 1.75 bits per heavy atom. The van der Waals surface area contributed by atoms with Gasteiger partial charge in [-0.05, 0) is 24.2 Å². The molecule has 20 heavy (non-hydrogen) atoms. The van der Waals surface area contributed by atoms with Crippen molar-refractivity contribution in [1.82, 2.24) is 5.32 Å². The quantitative estimate of drug-likeness (QED) is 0.879. The van der Waals surface area contributed by atoms with Gasteiger partial charge in [-0.15, -0.1) is 0 Å². The van der Waals surface area contributed by atoms with Crippen LogP contribution in [-0.2, 0) is 10.8 Å². The summed E-state index contributed by atoms with van der Waals surface area (Å²) in [5, 5.41) is 3.95. The van der Waals surface area contributed by atoms with E-state index in [4.69, 9.17) is 11.6 Å². The van der Waals surface area contributed by atoms with Crippen LogP contribution in [0.4, 0.5) is 0 Å². The molecule has 2 atom stereocenters. The molecule has 0 spiro atoms. The predicted octanol–water partition coefficient (Wildman–Crippen LogP) is 3.80. The summed E-state index contributed by atoms with van der Waals surface area (Å²) in [5.41, 5.74) is 1.15. The van der Waals surface area contributed by atoms with E-state index in [9.17, 15) is 4.21 Å². The zero-order valence-electron chi connectivity index (χ0n) is 11.4. The zero-order valence-corrected chi connectivity index (χ0v) is 13.0. The summed E-state index contributed by atoms with van der Waals surface area (Å²) in [4.78, 5) is 0.702. The third kappa shape index (κ3) is 3.92. The van der Waals surface area contributed by atoms with Gasteiger partial charge >= 0.3 is 0 Å². The first-order chi connectivity index (χ1) is 9.72. The molecule has 0 bridgehead atoms. The average Bonchev–Trinajstić information content (AvgIpc) is 2.48. The van der Waals surface area contributed by atoms with Crippen molar-refractivity contribution in [2.45, 2.75) is 17.9 Å². The molecule has 0 fully saturated rings. The Morgan fingerprint density at radius 1 is 1.10 bits per heavy atom. The first-order valence-electron chi connectivity index (χ1n) is 6.63. The van der Waals surface area contributed by atoms with Gasteiger partial charge in [-0.25, -0.2) is 0 Å². The lowest BCUT2D eigenvalue weighted by Gasteiger charge is -2.18. The van der Waals surface area contributed by atoms with Crippen LogP contribution >= 0.6 is 11.6 Å². The standard InChI is InChI=1S/C16H18ClNOS/c1-2-18-15(13-8-4-3-5-9-13)12-20(19)16-11-7-6-10-14(16)17/h3-11,15,18H,2,12H2,1H3. The Labute approximate surface area is 127 Å². The average molecular weight is 308 g/mol. The highest BCUT2D eigenvalue weighted by atomic mass is 35.5. The number of hydrogen-bond acceptors (Lipinski definition) is 2. The smallest absolute Gasteiger partial charge is 0.0574 e. The third-order valence-corrected chi connectivity index (χ3v) is 4.98. The van der Waals surface area contributed by atoms with Crippen LogP contribution in [0.1, 0.15) is 18.5 Å². The first kappa shape index (κ1) is 15.2. The number of halogens is 1. The van der Waals surface area contributed by atoms with Crippen LogP contribution in [0.2, 0.25) is 5.02 Å². The van der Waals surface area contributed by atoms with Crippen molar-refractivity contribution < 1.29 is 4.21 Å². The summed E-state index contributed by atoms with van der Waals surface area (Å²) in [6.07, 6.45) is 0. The van der Waals surface area contributed by atoms with Crippen LogP contribution in [0.3, 0.4) is 0 Å². The lowest BCUT2D eigenvalue weighted by atomic mass is 10.1. The molecule has 4 heteroatoms. The van der Waals surface area contributed by atoms with Gasteiger partial charge in [0.25, 0.3) is 0 Å². The molecule has 2 unspecified atom stereocenters. The van der Waals surface area contributed by atoms with Gasteiger partial charge < -0.3 is 5.32 Å². The van der Waals surface area contributed by atoms with Gasteiger partial charge in [0.1, 0.15) is 0 Å². The highest BCUT2D eigenvalue weighted by molar-refractivity contribution is 7.85. The fourth-order valence-corrected chi connectivity index (χ4v) is 3.78. The van der Waals surface area contributed by atoms with Crippen molar-refractivity contribution in [3.8, 4) is 0 Å². The molecule has 0 saturated heterocycles. The Hall–Kier alpha value is -1.16. The Balaban J connectivity index is 2.17. The minimum atomic E-state index is -1.12. The van der Waals surface area contributed by atoms with E-state index in [2.05, 4.69) is 17.4 Å². The largest absolute Gasteiger partial charge is 0.309 e. The molecule has 0 aromatic heterocycles. The van der Waals surface area contributed by atoms with E-state index in [0.29, 0.717) is 15.7 Å². The second kappa shape index (κ2) is 7.58. The van der Waals surface area contributed by atoms with E-state index in [1.54, 1.807) is 6.07 Å². The molecular formula is C16H18ClNOS. The Kier molecular flexibility index (Phi) is 5.77. The number of hydrogen-bond donors (Lipinski definition) is 1. The molecule has 0 saturated carbocycles. The topological polar surface area (TPSA) is 29.1 Å². The maximum atomic E-state index is 12.5. The summed E-state index contributed by atoms with van der Waals surface area (Å²) in [7, 11) is -1.12. The van der Waals surface area contributed by atoms with Gasteiger partial charge in [-0.2, -0.15) is 0 Å². The molecule has 2 nitrogen and oxygen atoms in total. The molecule has 2 aromatic carbocycles. The summed E-state index contributed by atoms with van der Waals surface area (Å²) in [6.45, 7) is 2.88. The maximum Gasteiger partial charge on any atom is 0.0574 e. The van der Waals surface area contributed by atoms with Crippen LogP contribution < -0.4 is 5.32 Å². The lowest BCUT2D eigenvalue weighted by molar-refractivity contribution is 0.594. The molecule has 106 valence electrons. The van der Waals surface area contributed by atoms with E-state index < -0.39 is 10.8 Å². The van der Waals surface area contributed by atoms with Gasteiger partial charge in [0.05, 0.1) is 20.7 Å². The fourth-order valence-electron chi connectivity index (χ4n) is 2.08. The highest BCUT2D eigenvalue weighted by Gasteiger charge is 2.16. The minimum Gasteiger partial charge on any atom is -0.309 e. The highest BCUT2D eigenvalue weighted by Crippen LogP contribution is 2.22. The lowest BCUT2D eigenvalue weighted by Crippen LogP contribution is -2.26. The van der Waals surface area contributed by atoms with Crippen LogP contribution in [0.5, 0.6) is 0 Å². The van der Waals surface area contributed by atoms with E-state index >= 15 is 0 Å². The Bertz CT molecular complexity index is 574. The molecule has 0 aliphatic carbocycles. The van der Waals surface area contributed by atoms with E-state index in [0.717, 1.165) is 12.1 Å². The van der Waals surface area contributed by atoms with Crippen LogP contribution in [-0.4, -0.2) is 16.5 Å². The second-order valence-corrected chi connectivity index (χ2v) is 6.33. The minimum absolute atomic E-state index is 0.0679. The zero-order chi connectivity index (χ0) is 14.4. The molecular weight excluding hydrogens is 290 g/mol. The van der Waals surface area contributed by atoms with Crippen molar-refractivity contribution in [1.29, 1.82) is 0 Å². The molecule has 0 radical (unpaired) electrons. The van der Waals surface area contributed by atoms with E-state index in [-0.39, 0.29) is 6.04 Å². The monoisotopic (exact) mass is 307 g/mol. The fraction of sp³-hybridized carbons (Fsp3) is 0.250. The molecule has 0 amide bonds. The van der Waals surface area contributed by atoms with Crippen molar-refractivity contribution in [2.75, 3.05) is 12.3 Å². The van der Waals surface area contributed by atoms with Crippen LogP contribution in [0, 0.1) is 0 Å². The van der Waals surface area contributed by atoms with Gasteiger partial charge in [-0.3, -0.25) is 4.21 Å². The molecule has 0 aliphatic rings. The predicted molar refractivity (Wildman–Crippen MR) is 85.6 cm³/mol. The first-order valence-corrected chi connectivity index (χ1v) is 8.33. The second-order valence-electron chi connectivity index (χ2n) is 4.46. The van der Waals surface area contributed by atoms with Crippen molar-refractivity contribution in [2.24, 2.45) is 0 Å². The summed E-state index contributed by atoms with van der Waals surface area (Å²) < 4.78 is 12.5. The van der Waals surface area contributed by atoms with Crippen LogP contribution in [0.15, 0.2) is 59.5 Å². The SMILES string of the molecule is CCNC(CS(=O)c1ccccc1Cl)c1ccccc1. The summed E-state index contributed by atoms with van der Waals surface area (Å²) >= 11 is 6.11. The summed E-state index contributed by atoms with van der Waals surface area (Å²) in [6, 6.07) is 17.5. The van der Waals surface area contributed by atoms with Gasteiger partial charge in [-0.1, -0.05) is 61.0 Å². The number of nitrogens with one attached hydrogen (secondary N) is 1. The summed E-state index contributed by atoms with van der Waals surface area (Å²) in [5.74, 6) is 0.515. The molecule has 2 aromatic rings. The third-order valence-electron chi connectivity index (χ3n) is 3.05. The molecule has 0 heterocycles. The maximum absolute atomic E-state index is 12.5. The van der Waals surface area contributed by atoms with Crippen molar-refractivity contribution >= 4 is 22.4 Å². The molecule has 0 aliphatic heterocycles. The van der Waals surface area contributed by atoms with Gasteiger partial charge in [0.2, 0.25) is 0 Å². The van der Waals surface area contributed by atoms with Gasteiger partial charge in [0.15, 0.2) is 0 Å². The van der Waals surface area contributed by atoms with Crippen molar-refractivity contribution in [3.05, 3.63) is 65.2 Å². The van der Waals surface area contributed by atoms with Gasteiger partial charge in [0, 0.05) is 11.8 Å². The van der Waals surface area contributed by atoms with E-state index in [1.807, 2.05) is 43.3 Å². The molecule has 2 rings (SSSR count). The normalized spacial score (nSPS) is 13.9. The van der Waals surface area contributed by atoms with E-state index in [1.165, 1.54) is 0 Å². The Morgan fingerprint density at radius 3 is 2.40 bits per heavy atom. The number of rotatable bonds is 6. The molecule has 1 N–H and O–H groups in total. The van der Waals surface area contributed by atoms with Crippen LogP contribution in [0.25, 0.3) is 0 Å². The van der Waals surface area contributed by atoms with Crippen molar-refractivity contribution in [3.63, 3.8) is 0 Å². The number of benzene rings is 2.